The number of carbonyl (C=O) groups is 1. The standard InChI is InChI=1S/C19H22N4OS/c1-15-5-7-16(8-6-15)19-22-17(14-25-19)9-11-20-18(24)4-2-12-23-13-3-10-21-23/h3,5-8,10,13-14H,2,4,9,11-12H2,1H3,(H,20,24). The van der Waals surface area contributed by atoms with Crippen molar-refractivity contribution in [1.82, 2.24) is 20.1 Å². The molecule has 0 aliphatic heterocycles. The third kappa shape index (κ3) is 5.26. The van der Waals surface area contributed by atoms with Gasteiger partial charge in [-0.25, -0.2) is 4.98 Å². The molecule has 0 fully saturated rings. The molecule has 1 amide bonds. The summed E-state index contributed by atoms with van der Waals surface area (Å²) in [5, 5.41) is 10.2. The Morgan fingerprint density at radius 1 is 1.28 bits per heavy atom. The molecule has 0 aliphatic rings. The van der Waals surface area contributed by atoms with Crippen LogP contribution < -0.4 is 5.32 Å². The van der Waals surface area contributed by atoms with Gasteiger partial charge in [0.2, 0.25) is 5.91 Å². The van der Waals surface area contributed by atoms with Crippen molar-refractivity contribution >= 4 is 17.2 Å². The molecule has 0 spiro atoms. The van der Waals surface area contributed by atoms with E-state index in [1.54, 1.807) is 17.5 Å². The van der Waals surface area contributed by atoms with E-state index in [1.807, 2.05) is 16.9 Å². The van der Waals surface area contributed by atoms with E-state index in [0.29, 0.717) is 13.0 Å². The lowest BCUT2D eigenvalue weighted by atomic mass is 10.2. The molecule has 6 heteroatoms. The number of aryl methyl sites for hydroxylation is 2. The second-order valence-electron chi connectivity index (χ2n) is 5.98. The highest BCUT2D eigenvalue weighted by Crippen LogP contribution is 2.24. The van der Waals surface area contributed by atoms with Crippen molar-refractivity contribution in [1.29, 1.82) is 0 Å². The van der Waals surface area contributed by atoms with Gasteiger partial charge >= 0.3 is 0 Å². The molecule has 0 unspecified atom stereocenters. The maximum atomic E-state index is 11.9. The first-order chi connectivity index (χ1) is 12.2. The quantitative estimate of drug-likeness (QED) is 0.674. The molecular formula is C19H22N4OS. The van der Waals surface area contributed by atoms with E-state index in [4.69, 9.17) is 0 Å². The second kappa shape index (κ2) is 8.58. The highest BCUT2D eigenvalue weighted by molar-refractivity contribution is 7.13. The number of carbonyl (C=O) groups excluding carboxylic acids is 1. The SMILES string of the molecule is Cc1ccc(-c2nc(CCNC(=O)CCCn3cccn3)cs2)cc1. The van der Waals surface area contributed by atoms with E-state index in [9.17, 15) is 4.79 Å². The van der Waals surface area contributed by atoms with Gasteiger partial charge in [0.25, 0.3) is 0 Å². The van der Waals surface area contributed by atoms with E-state index in [0.717, 1.165) is 35.7 Å². The summed E-state index contributed by atoms with van der Waals surface area (Å²) < 4.78 is 1.84. The monoisotopic (exact) mass is 354 g/mol. The summed E-state index contributed by atoms with van der Waals surface area (Å²) in [6.07, 6.45) is 5.73. The van der Waals surface area contributed by atoms with Gasteiger partial charge in [0.15, 0.2) is 0 Å². The molecule has 1 N–H and O–H groups in total. The van der Waals surface area contributed by atoms with Crippen molar-refractivity contribution in [3.8, 4) is 10.6 Å². The average Bonchev–Trinajstić information content (AvgIpc) is 3.28. The number of hydrogen-bond donors (Lipinski definition) is 1. The number of nitrogens with zero attached hydrogens (tertiary/aromatic N) is 3. The first-order valence-corrected chi connectivity index (χ1v) is 9.34. The number of benzene rings is 1. The molecule has 1 aromatic carbocycles. The minimum Gasteiger partial charge on any atom is -0.356 e. The first kappa shape index (κ1) is 17.4. The van der Waals surface area contributed by atoms with Gasteiger partial charge < -0.3 is 5.32 Å². The summed E-state index contributed by atoms with van der Waals surface area (Å²) >= 11 is 1.65. The van der Waals surface area contributed by atoms with E-state index >= 15 is 0 Å². The van der Waals surface area contributed by atoms with Crippen molar-refractivity contribution in [3.05, 3.63) is 59.4 Å². The van der Waals surface area contributed by atoms with Gasteiger partial charge in [-0.2, -0.15) is 5.10 Å². The van der Waals surface area contributed by atoms with Crippen LogP contribution in [-0.4, -0.2) is 27.2 Å². The Bertz CT molecular complexity index is 793. The van der Waals surface area contributed by atoms with Crippen LogP contribution in [0.5, 0.6) is 0 Å². The van der Waals surface area contributed by atoms with Crippen molar-refractivity contribution in [2.75, 3.05) is 6.54 Å². The summed E-state index contributed by atoms with van der Waals surface area (Å²) in [6.45, 7) is 3.47. The molecule has 2 aromatic heterocycles. The molecule has 3 aromatic rings. The maximum Gasteiger partial charge on any atom is 0.220 e. The maximum absolute atomic E-state index is 11.9. The summed E-state index contributed by atoms with van der Waals surface area (Å²) in [4.78, 5) is 16.5. The van der Waals surface area contributed by atoms with Crippen LogP contribution in [0.25, 0.3) is 10.6 Å². The lowest BCUT2D eigenvalue weighted by Crippen LogP contribution is -2.25. The van der Waals surface area contributed by atoms with Crippen LogP contribution in [0.3, 0.4) is 0 Å². The van der Waals surface area contributed by atoms with Crippen molar-refractivity contribution in [2.24, 2.45) is 0 Å². The van der Waals surface area contributed by atoms with E-state index in [1.165, 1.54) is 5.56 Å². The molecule has 0 bridgehead atoms. The fraction of sp³-hybridized carbons (Fsp3) is 0.316. The van der Waals surface area contributed by atoms with Crippen LogP contribution in [0, 0.1) is 6.92 Å². The van der Waals surface area contributed by atoms with Gasteiger partial charge in [-0.1, -0.05) is 29.8 Å². The predicted octanol–water partition coefficient (Wildman–Crippen LogP) is 3.45. The summed E-state index contributed by atoms with van der Waals surface area (Å²) in [5.41, 5.74) is 3.41. The molecule has 3 rings (SSSR count). The van der Waals surface area contributed by atoms with Crippen LogP contribution in [0.2, 0.25) is 0 Å². The summed E-state index contributed by atoms with van der Waals surface area (Å²) in [6, 6.07) is 10.3. The minimum atomic E-state index is 0.0844. The normalized spacial score (nSPS) is 10.8. The Labute approximate surface area is 151 Å². The highest BCUT2D eigenvalue weighted by Gasteiger charge is 2.06. The van der Waals surface area contributed by atoms with Crippen LogP contribution in [-0.2, 0) is 17.8 Å². The first-order valence-electron chi connectivity index (χ1n) is 8.46. The molecule has 0 atom stereocenters. The molecule has 0 aliphatic carbocycles. The fourth-order valence-corrected chi connectivity index (χ4v) is 3.36. The number of hydrogen-bond acceptors (Lipinski definition) is 4. The fourth-order valence-electron chi connectivity index (χ4n) is 2.50. The van der Waals surface area contributed by atoms with Gasteiger partial charge in [0.05, 0.1) is 5.69 Å². The smallest absolute Gasteiger partial charge is 0.220 e. The Morgan fingerprint density at radius 3 is 2.88 bits per heavy atom. The Morgan fingerprint density at radius 2 is 2.12 bits per heavy atom. The van der Waals surface area contributed by atoms with Gasteiger partial charge in [-0.05, 0) is 19.4 Å². The van der Waals surface area contributed by atoms with Gasteiger partial charge in [-0.15, -0.1) is 11.3 Å². The Balaban J connectivity index is 1.38. The average molecular weight is 354 g/mol. The third-order valence-electron chi connectivity index (χ3n) is 3.90. The summed E-state index contributed by atoms with van der Waals surface area (Å²) in [7, 11) is 0. The van der Waals surface area contributed by atoms with Crippen molar-refractivity contribution < 1.29 is 4.79 Å². The van der Waals surface area contributed by atoms with Gasteiger partial charge in [-0.3, -0.25) is 9.48 Å². The molecule has 0 radical (unpaired) electrons. The molecule has 0 saturated carbocycles. The molecule has 25 heavy (non-hydrogen) atoms. The molecule has 0 saturated heterocycles. The van der Waals surface area contributed by atoms with Crippen LogP contribution in [0.1, 0.15) is 24.1 Å². The second-order valence-corrected chi connectivity index (χ2v) is 6.84. The lowest BCUT2D eigenvalue weighted by Gasteiger charge is -2.04. The highest BCUT2D eigenvalue weighted by atomic mass is 32.1. The Kier molecular flexibility index (Phi) is 5.95. The summed E-state index contributed by atoms with van der Waals surface area (Å²) in [5.74, 6) is 0.0844. The topological polar surface area (TPSA) is 59.8 Å². The number of thiazole rings is 1. The zero-order valence-corrected chi connectivity index (χ0v) is 15.1. The number of rotatable bonds is 8. The largest absolute Gasteiger partial charge is 0.356 e. The van der Waals surface area contributed by atoms with Gasteiger partial charge in [0.1, 0.15) is 5.01 Å². The number of amides is 1. The zero-order valence-electron chi connectivity index (χ0n) is 14.3. The van der Waals surface area contributed by atoms with Gasteiger partial charge in [0, 0.05) is 49.3 Å². The van der Waals surface area contributed by atoms with E-state index in [-0.39, 0.29) is 5.91 Å². The molecule has 130 valence electrons. The zero-order chi connectivity index (χ0) is 17.5. The number of aromatic nitrogens is 3. The molecular weight excluding hydrogens is 332 g/mol. The number of nitrogens with one attached hydrogen (secondary N) is 1. The minimum absolute atomic E-state index is 0.0844. The van der Waals surface area contributed by atoms with Crippen LogP contribution in [0.15, 0.2) is 48.1 Å². The van der Waals surface area contributed by atoms with Crippen molar-refractivity contribution in [2.45, 2.75) is 32.7 Å². The van der Waals surface area contributed by atoms with Crippen LogP contribution in [0.4, 0.5) is 0 Å². The third-order valence-corrected chi connectivity index (χ3v) is 4.84. The van der Waals surface area contributed by atoms with Crippen LogP contribution >= 0.6 is 11.3 Å². The molecule has 2 heterocycles. The van der Waals surface area contributed by atoms with E-state index in [2.05, 4.69) is 52.0 Å². The molecule has 5 nitrogen and oxygen atoms in total. The lowest BCUT2D eigenvalue weighted by molar-refractivity contribution is -0.121. The predicted molar refractivity (Wildman–Crippen MR) is 100 cm³/mol. The van der Waals surface area contributed by atoms with Crippen molar-refractivity contribution in [3.63, 3.8) is 0 Å². The Hall–Kier alpha value is -2.47. The van der Waals surface area contributed by atoms with E-state index < -0.39 is 0 Å².